The summed E-state index contributed by atoms with van der Waals surface area (Å²) in [7, 11) is 1.40. The van der Waals surface area contributed by atoms with Gasteiger partial charge in [-0.2, -0.15) is 0 Å². The van der Waals surface area contributed by atoms with E-state index in [9.17, 15) is 19.7 Å². The molecule has 1 aliphatic rings. The number of nitrogens with zero attached hydrogens (tertiary/aromatic N) is 2. The number of hydrogen-bond donors (Lipinski definition) is 2. The van der Waals surface area contributed by atoms with Gasteiger partial charge in [0.25, 0.3) is 5.69 Å². The number of nitrogens with one attached hydrogen (secondary N) is 1. The molecule has 1 fully saturated rings. The van der Waals surface area contributed by atoms with E-state index >= 15 is 0 Å². The third-order valence-electron chi connectivity index (χ3n) is 3.94. The van der Waals surface area contributed by atoms with Crippen LogP contribution in [0.25, 0.3) is 0 Å². The van der Waals surface area contributed by atoms with Gasteiger partial charge in [0.15, 0.2) is 0 Å². The molecular formula is C15H19N3O6. The van der Waals surface area contributed by atoms with Crippen LogP contribution in [0.15, 0.2) is 18.2 Å². The number of non-ortho nitro benzene ring substituents is 1. The topological polar surface area (TPSA) is 122 Å². The fraction of sp³-hybridized carbons (Fsp3) is 0.467. The van der Waals surface area contributed by atoms with Crippen LogP contribution in [-0.4, -0.2) is 53.0 Å². The van der Waals surface area contributed by atoms with Crippen LogP contribution in [0.1, 0.15) is 19.3 Å². The summed E-state index contributed by atoms with van der Waals surface area (Å²) in [5.74, 6) is -0.920. The van der Waals surface area contributed by atoms with Crippen molar-refractivity contribution in [1.29, 1.82) is 0 Å². The summed E-state index contributed by atoms with van der Waals surface area (Å²) in [4.78, 5) is 35.2. The fourth-order valence-corrected chi connectivity index (χ4v) is 2.74. The summed E-state index contributed by atoms with van der Waals surface area (Å²) < 4.78 is 5.08. The molecule has 0 unspecified atom stereocenters. The SMILES string of the molecule is COc1ccc([N+](=O)[O-])cc1NC(=O)CCN1CCC[C@H]1C(=O)O. The van der Waals surface area contributed by atoms with Crippen molar-refractivity contribution in [3.8, 4) is 5.75 Å². The molecular weight excluding hydrogens is 318 g/mol. The van der Waals surface area contributed by atoms with E-state index in [1.807, 2.05) is 0 Å². The molecule has 2 rings (SSSR count). The highest BCUT2D eigenvalue weighted by molar-refractivity contribution is 5.92. The van der Waals surface area contributed by atoms with Gasteiger partial charge in [0.05, 0.1) is 17.7 Å². The van der Waals surface area contributed by atoms with E-state index < -0.39 is 16.9 Å². The number of carbonyl (C=O) groups is 2. The lowest BCUT2D eigenvalue weighted by Gasteiger charge is -2.20. The van der Waals surface area contributed by atoms with Crippen molar-refractivity contribution in [1.82, 2.24) is 4.90 Å². The van der Waals surface area contributed by atoms with E-state index in [4.69, 9.17) is 9.84 Å². The molecule has 1 amide bonds. The van der Waals surface area contributed by atoms with Gasteiger partial charge in [0.1, 0.15) is 11.8 Å². The maximum atomic E-state index is 12.1. The summed E-state index contributed by atoms with van der Waals surface area (Å²) in [5.41, 5.74) is 0.0597. The van der Waals surface area contributed by atoms with Crippen molar-refractivity contribution >= 4 is 23.3 Å². The Balaban J connectivity index is 1.98. The summed E-state index contributed by atoms with van der Waals surface area (Å²) in [5, 5.41) is 22.5. The predicted molar refractivity (Wildman–Crippen MR) is 85.1 cm³/mol. The molecule has 1 aromatic rings. The lowest BCUT2D eigenvalue weighted by atomic mass is 10.2. The molecule has 130 valence electrons. The molecule has 0 saturated carbocycles. The number of hydrogen-bond acceptors (Lipinski definition) is 6. The molecule has 2 N–H and O–H groups in total. The number of carboxylic acid groups (broad SMARTS) is 1. The minimum atomic E-state index is -0.881. The fourth-order valence-electron chi connectivity index (χ4n) is 2.74. The van der Waals surface area contributed by atoms with Crippen LogP contribution < -0.4 is 10.1 Å². The van der Waals surface area contributed by atoms with E-state index in [-0.39, 0.29) is 23.7 Å². The van der Waals surface area contributed by atoms with E-state index in [0.717, 1.165) is 6.42 Å². The second kappa shape index (κ2) is 7.73. The third kappa shape index (κ3) is 4.19. The van der Waals surface area contributed by atoms with Crippen molar-refractivity contribution < 1.29 is 24.4 Å². The number of aliphatic carboxylic acids is 1. The van der Waals surface area contributed by atoms with Gasteiger partial charge in [-0.3, -0.25) is 24.6 Å². The Hall–Kier alpha value is -2.68. The van der Waals surface area contributed by atoms with Crippen LogP contribution in [0, 0.1) is 10.1 Å². The highest BCUT2D eigenvalue weighted by Crippen LogP contribution is 2.29. The Morgan fingerprint density at radius 1 is 1.50 bits per heavy atom. The first-order valence-electron chi connectivity index (χ1n) is 7.51. The Kier molecular flexibility index (Phi) is 5.69. The molecule has 9 heteroatoms. The third-order valence-corrected chi connectivity index (χ3v) is 3.94. The number of nitro benzene ring substituents is 1. The number of carbonyl (C=O) groups excluding carboxylic acids is 1. The van der Waals surface area contributed by atoms with Crippen molar-refractivity contribution in [2.75, 3.05) is 25.5 Å². The molecule has 1 atom stereocenters. The van der Waals surface area contributed by atoms with Gasteiger partial charge in [-0.25, -0.2) is 0 Å². The van der Waals surface area contributed by atoms with Gasteiger partial charge in [-0.05, 0) is 25.5 Å². The first kappa shape index (κ1) is 17.7. The molecule has 1 saturated heterocycles. The maximum Gasteiger partial charge on any atom is 0.320 e. The molecule has 0 radical (unpaired) electrons. The van der Waals surface area contributed by atoms with Crippen LogP contribution >= 0.6 is 0 Å². The second-order valence-corrected chi connectivity index (χ2v) is 5.47. The second-order valence-electron chi connectivity index (χ2n) is 5.47. The van der Waals surface area contributed by atoms with Crippen LogP contribution in [-0.2, 0) is 9.59 Å². The standard InChI is InChI=1S/C15H19N3O6/c1-24-13-5-4-10(18(22)23)9-11(13)16-14(19)6-8-17-7-2-3-12(17)15(20)21/h4-5,9,12H,2-3,6-8H2,1H3,(H,16,19)(H,20,21)/t12-/m0/s1. The number of anilines is 1. The van der Waals surface area contributed by atoms with Crippen molar-refractivity contribution in [2.24, 2.45) is 0 Å². The molecule has 9 nitrogen and oxygen atoms in total. The minimum absolute atomic E-state index is 0.0929. The van der Waals surface area contributed by atoms with Gasteiger partial charge >= 0.3 is 5.97 Å². The van der Waals surface area contributed by atoms with Gasteiger partial charge < -0.3 is 15.2 Å². The van der Waals surface area contributed by atoms with Gasteiger partial charge in [-0.1, -0.05) is 0 Å². The van der Waals surface area contributed by atoms with E-state index in [0.29, 0.717) is 25.3 Å². The van der Waals surface area contributed by atoms with Crippen molar-refractivity contribution in [3.05, 3.63) is 28.3 Å². The zero-order valence-corrected chi connectivity index (χ0v) is 13.2. The predicted octanol–water partition coefficient (Wildman–Crippen LogP) is 1.48. The Labute approximate surface area is 138 Å². The first-order valence-corrected chi connectivity index (χ1v) is 7.51. The molecule has 0 aliphatic carbocycles. The molecule has 0 bridgehead atoms. The Morgan fingerprint density at radius 2 is 2.25 bits per heavy atom. The van der Waals surface area contributed by atoms with Crippen molar-refractivity contribution in [2.45, 2.75) is 25.3 Å². The smallest absolute Gasteiger partial charge is 0.320 e. The molecule has 1 aliphatic heterocycles. The number of nitro groups is 1. The zero-order valence-electron chi connectivity index (χ0n) is 13.2. The lowest BCUT2D eigenvalue weighted by molar-refractivity contribution is -0.384. The number of rotatable bonds is 7. The van der Waals surface area contributed by atoms with Gasteiger partial charge in [0.2, 0.25) is 5.91 Å². The quantitative estimate of drug-likeness (QED) is 0.571. The maximum absolute atomic E-state index is 12.1. The minimum Gasteiger partial charge on any atom is -0.495 e. The van der Waals surface area contributed by atoms with E-state index in [2.05, 4.69) is 5.32 Å². The average molecular weight is 337 g/mol. The summed E-state index contributed by atoms with van der Waals surface area (Å²) in [6.45, 7) is 0.963. The summed E-state index contributed by atoms with van der Waals surface area (Å²) in [6.07, 6.45) is 1.46. The Bertz CT molecular complexity index is 648. The monoisotopic (exact) mass is 337 g/mol. The average Bonchev–Trinajstić information content (AvgIpc) is 3.01. The molecule has 1 heterocycles. The number of amides is 1. The first-order chi connectivity index (χ1) is 11.4. The van der Waals surface area contributed by atoms with Crippen LogP contribution in [0.3, 0.4) is 0 Å². The van der Waals surface area contributed by atoms with E-state index in [1.54, 1.807) is 4.90 Å². The van der Waals surface area contributed by atoms with Crippen molar-refractivity contribution in [3.63, 3.8) is 0 Å². The van der Waals surface area contributed by atoms with Gasteiger partial charge in [0, 0.05) is 25.1 Å². The summed E-state index contributed by atoms with van der Waals surface area (Å²) in [6, 6.07) is 3.38. The van der Waals surface area contributed by atoms with Crippen LogP contribution in [0.4, 0.5) is 11.4 Å². The van der Waals surface area contributed by atoms with Crippen LogP contribution in [0.5, 0.6) is 5.75 Å². The lowest BCUT2D eigenvalue weighted by Crippen LogP contribution is -2.37. The molecule has 24 heavy (non-hydrogen) atoms. The highest BCUT2D eigenvalue weighted by Gasteiger charge is 2.30. The summed E-state index contributed by atoms with van der Waals surface area (Å²) >= 11 is 0. The molecule has 1 aromatic carbocycles. The van der Waals surface area contributed by atoms with Gasteiger partial charge in [-0.15, -0.1) is 0 Å². The highest BCUT2D eigenvalue weighted by atomic mass is 16.6. The van der Waals surface area contributed by atoms with E-state index in [1.165, 1.54) is 25.3 Å². The number of benzene rings is 1. The molecule has 0 aromatic heterocycles. The number of ether oxygens (including phenoxy) is 1. The Morgan fingerprint density at radius 3 is 2.88 bits per heavy atom. The largest absolute Gasteiger partial charge is 0.495 e. The number of carboxylic acids is 1. The van der Waals surface area contributed by atoms with Crippen LogP contribution in [0.2, 0.25) is 0 Å². The normalized spacial score (nSPS) is 17.5. The molecule has 0 spiro atoms. The number of methoxy groups -OCH3 is 1. The number of likely N-dealkylation sites (tertiary alicyclic amines) is 1. The zero-order chi connectivity index (χ0) is 17.7.